The molecule has 1 aromatic heterocycles. The fourth-order valence-electron chi connectivity index (χ4n) is 4.03. The second-order valence-corrected chi connectivity index (χ2v) is 8.35. The minimum Gasteiger partial charge on any atom is -0.369 e. The molecule has 1 aromatic carbocycles. The molecule has 0 spiro atoms. The third kappa shape index (κ3) is 3.07. The molecule has 0 bridgehead atoms. The minimum atomic E-state index is -0.168. The Kier molecular flexibility index (Phi) is 4.29. The van der Waals surface area contributed by atoms with Gasteiger partial charge in [0.25, 0.3) is 0 Å². The standard InChI is InChI=1S/C19H24FN5S/c20-15-4-6-16(7-5-15)23-8-10-24(11-9-23)17-12-25(13-17)19-21-18(22-26-19)14-2-1-3-14/h4-7,14,17H,1-3,8-13H2. The molecule has 2 aromatic rings. The number of halogens is 1. The summed E-state index contributed by atoms with van der Waals surface area (Å²) in [5, 5.41) is 1.10. The van der Waals surface area contributed by atoms with Gasteiger partial charge in [0.15, 0.2) is 0 Å². The number of aromatic nitrogens is 2. The van der Waals surface area contributed by atoms with Crippen molar-refractivity contribution in [2.75, 3.05) is 49.1 Å². The van der Waals surface area contributed by atoms with E-state index in [-0.39, 0.29) is 5.82 Å². The van der Waals surface area contributed by atoms with E-state index in [0.29, 0.717) is 12.0 Å². The summed E-state index contributed by atoms with van der Waals surface area (Å²) in [5.74, 6) is 1.53. The number of hydrogen-bond donors (Lipinski definition) is 0. The molecule has 2 aliphatic heterocycles. The first-order valence-corrected chi connectivity index (χ1v) is 10.4. The van der Waals surface area contributed by atoms with Crippen molar-refractivity contribution in [2.45, 2.75) is 31.2 Å². The van der Waals surface area contributed by atoms with Gasteiger partial charge in [0.05, 0.1) is 0 Å². The summed E-state index contributed by atoms with van der Waals surface area (Å²) < 4.78 is 17.7. The van der Waals surface area contributed by atoms with Crippen LogP contribution in [-0.4, -0.2) is 59.6 Å². The Bertz CT molecular complexity index is 746. The van der Waals surface area contributed by atoms with Gasteiger partial charge >= 0.3 is 0 Å². The van der Waals surface area contributed by atoms with Crippen molar-refractivity contribution in [1.82, 2.24) is 14.3 Å². The first kappa shape index (κ1) is 16.4. The molecule has 0 amide bonds. The predicted molar refractivity (Wildman–Crippen MR) is 103 cm³/mol. The maximum Gasteiger partial charge on any atom is 0.205 e. The van der Waals surface area contributed by atoms with E-state index in [2.05, 4.69) is 19.1 Å². The Morgan fingerprint density at radius 2 is 1.69 bits per heavy atom. The Morgan fingerprint density at radius 1 is 0.962 bits per heavy atom. The highest BCUT2D eigenvalue weighted by atomic mass is 32.1. The lowest BCUT2D eigenvalue weighted by Gasteiger charge is -2.48. The summed E-state index contributed by atoms with van der Waals surface area (Å²) in [7, 11) is 0. The third-order valence-electron chi connectivity index (χ3n) is 6.06. The van der Waals surface area contributed by atoms with Crippen molar-refractivity contribution >= 4 is 22.4 Å². The second kappa shape index (κ2) is 6.78. The fraction of sp³-hybridized carbons (Fsp3) is 0.579. The first-order valence-electron chi connectivity index (χ1n) is 9.59. The van der Waals surface area contributed by atoms with Crippen molar-refractivity contribution in [2.24, 2.45) is 0 Å². The highest BCUT2D eigenvalue weighted by Crippen LogP contribution is 2.37. The highest BCUT2D eigenvalue weighted by Gasteiger charge is 2.35. The van der Waals surface area contributed by atoms with Crippen LogP contribution in [0.15, 0.2) is 24.3 Å². The van der Waals surface area contributed by atoms with E-state index in [0.717, 1.165) is 55.9 Å². The molecule has 7 heteroatoms. The summed E-state index contributed by atoms with van der Waals surface area (Å²) >= 11 is 1.57. The molecule has 26 heavy (non-hydrogen) atoms. The molecule has 5 rings (SSSR count). The van der Waals surface area contributed by atoms with Gasteiger partial charge in [-0.15, -0.1) is 0 Å². The zero-order valence-corrected chi connectivity index (χ0v) is 15.7. The topological polar surface area (TPSA) is 35.5 Å². The first-order chi connectivity index (χ1) is 12.8. The third-order valence-corrected chi connectivity index (χ3v) is 6.85. The van der Waals surface area contributed by atoms with Crippen LogP contribution in [0.3, 0.4) is 0 Å². The van der Waals surface area contributed by atoms with Crippen LogP contribution in [-0.2, 0) is 0 Å². The van der Waals surface area contributed by atoms with E-state index in [1.807, 2.05) is 12.1 Å². The normalized spacial score (nSPS) is 22.3. The van der Waals surface area contributed by atoms with Gasteiger partial charge in [0, 0.05) is 68.4 Å². The molecule has 3 fully saturated rings. The average Bonchev–Trinajstić information content (AvgIpc) is 3.02. The predicted octanol–water partition coefficient (Wildman–Crippen LogP) is 2.96. The number of nitrogens with zero attached hydrogens (tertiary/aromatic N) is 5. The number of hydrogen-bond acceptors (Lipinski definition) is 6. The van der Waals surface area contributed by atoms with E-state index < -0.39 is 0 Å². The van der Waals surface area contributed by atoms with E-state index in [1.165, 1.54) is 19.3 Å². The molecule has 1 saturated carbocycles. The molecule has 0 atom stereocenters. The van der Waals surface area contributed by atoms with Gasteiger partial charge in [-0.1, -0.05) is 6.42 Å². The van der Waals surface area contributed by atoms with Crippen molar-refractivity contribution in [3.63, 3.8) is 0 Å². The molecule has 3 heterocycles. The van der Waals surface area contributed by atoms with E-state index >= 15 is 0 Å². The zero-order chi connectivity index (χ0) is 17.5. The molecule has 0 unspecified atom stereocenters. The quantitative estimate of drug-likeness (QED) is 0.823. The molecular weight excluding hydrogens is 349 g/mol. The number of anilines is 2. The van der Waals surface area contributed by atoms with Crippen molar-refractivity contribution < 1.29 is 4.39 Å². The van der Waals surface area contributed by atoms with Crippen molar-refractivity contribution in [1.29, 1.82) is 0 Å². The fourth-order valence-corrected chi connectivity index (χ4v) is 4.79. The van der Waals surface area contributed by atoms with Gasteiger partial charge < -0.3 is 9.80 Å². The van der Waals surface area contributed by atoms with Gasteiger partial charge in [-0.2, -0.15) is 4.37 Å². The average molecular weight is 374 g/mol. The molecule has 138 valence electrons. The van der Waals surface area contributed by atoms with Crippen LogP contribution < -0.4 is 9.80 Å². The monoisotopic (exact) mass is 373 g/mol. The minimum absolute atomic E-state index is 0.168. The Hall–Kier alpha value is -1.73. The summed E-state index contributed by atoms with van der Waals surface area (Å²) in [4.78, 5) is 12.1. The van der Waals surface area contributed by atoms with Crippen molar-refractivity contribution in [3.8, 4) is 0 Å². The van der Waals surface area contributed by atoms with Gasteiger partial charge in [-0.3, -0.25) is 4.90 Å². The highest BCUT2D eigenvalue weighted by molar-refractivity contribution is 7.09. The van der Waals surface area contributed by atoms with Crippen LogP contribution in [0.4, 0.5) is 15.2 Å². The van der Waals surface area contributed by atoms with Crippen LogP contribution in [0.25, 0.3) is 0 Å². The number of rotatable bonds is 4. The maximum absolute atomic E-state index is 13.1. The van der Waals surface area contributed by atoms with Gasteiger partial charge in [-0.05, 0) is 37.1 Å². The summed E-state index contributed by atoms with van der Waals surface area (Å²) in [6.45, 7) is 6.28. The van der Waals surface area contributed by atoms with E-state index in [1.54, 1.807) is 23.7 Å². The number of benzene rings is 1. The van der Waals surface area contributed by atoms with E-state index in [4.69, 9.17) is 4.98 Å². The number of piperazine rings is 1. The molecule has 1 aliphatic carbocycles. The SMILES string of the molecule is Fc1ccc(N2CCN(C3CN(c4nc(C5CCC5)ns4)C3)CC2)cc1. The largest absolute Gasteiger partial charge is 0.369 e. The van der Waals surface area contributed by atoms with Crippen LogP contribution in [0, 0.1) is 5.82 Å². The molecule has 0 radical (unpaired) electrons. The molecule has 5 nitrogen and oxygen atoms in total. The second-order valence-electron chi connectivity index (χ2n) is 7.62. The lowest BCUT2D eigenvalue weighted by atomic mass is 9.85. The maximum atomic E-state index is 13.1. The zero-order valence-electron chi connectivity index (χ0n) is 14.9. The van der Waals surface area contributed by atoms with Crippen LogP contribution in [0.5, 0.6) is 0 Å². The summed E-state index contributed by atoms with van der Waals surface area (Å²) in [6, 6.07) is 7.48. The Balaban J connectivity index is 1.12. The van der Waals surface area contributed by atoms with Crippen LogP contribution >= 0.6 is 11.5 Å². The molecule has 2 saturated heterocycles. The smallest absolute Gasteiger partial charge is 0.205 e. The molecular formula is C19H24FN5S. The lowest BCUT2D eigenvalue weighted by molar-refractivity contribution is 0.157. The van der Waals surface area contributed by atoms with Gasteiger partial charge in [0.1, 0.15) is 11.6 Å². The van der Waals surface area contributed by atoms with Gasteiger partial charge in [-0.25, -0.2) is 9.37 Å². The van der Waals surface area contributed by atoms with Crippen LogP contribution in [0.1, 0.15) is 31.0 Å². The molecule has 3 aliphatic rings. The summed E-state index contributed by atoms with van der Waals surface area (Å²) in [6.07, 6.45) is 3.85. The van der Waals surface area contributed by atoms with Crippen LogP contribution in [0.2, 0.25) is 0 Å². The lowest BCUT2D eigenvalue weighted by Crippen LogP contribution is -2.63. The Morgan fingerprint density at radius 3 is 2.35 bits per heavy atom. The Labute approximate surface area is 157 Å². The molecule has 0 N–H and O–H groups in total. The van der Waals surface area contributed by atoms with Gasteiger partial charge in [0.2, 0.25) is 5.13 Å². The van der Waals surface area contributed by atoms with Crippen molar-refractivity contribution in [3.05, 3.63) is 35.9 Å². The summed E-state index contributed by atoms with van der Waals surface area (Å²) in [5.41, 5.74) is 1.12. The van der Waals surface area contributed by atoms with E-state index in [9.17, 15) is 4.39 Å².